The first-order valence-corrected chi connectivity index (χ1v) is 14.6. The van der Waals surface area contributed by atoms with Crippen LogP contribution >= 0.6 is 23.2 Å². The number of rotatable bonds is 9. The number of amides is 1. The van der Waals surface area contributed by atoms with Crippen LogP contribution < -0.4 is 5.32 Å². The maximum absolute atomic E-state index is 12.8. The zero-order valence-electron chi connectivity index (χ0n) is 23.4. The summed E-state index contributed by atoms with van der Waals surface area (Å²) in [5.74, 6) is 0.596. The highest BCUT2D eigenvalue weighted by Crippen LogP contribution is 2.28. The summed E-state index contributed by atoms with van der Waals surface area (Å²) in [7, 11) is 0. The minimum Gasteiger partial charge on any atom is -0.444 e. The second-order valence-corrected chi connectivity index (χ2v) is 11.3. The van der Waals surface area contributed by atoms with Crippen molar-refractivity contribution < 1.29 is 14.6 Å². The maximum atomic E-state index is 12.8. The van der Waals surface area contributed by atoms with Crippen LogP contribution in [0, 0.1) is 6.92 Å². The largest absolute Gasteiger partial charge is 0.444 e. The van der Waals surface area contributed by atoms with E-state index in [-0.39, 0.29) is 13.2 Å². The average Bonchev–Trinajstić information content (AvgIpc) is 3.31. The van der Waals surface area contributed by atoms with Crippen LogP contribution in [0.3, 0.4) is 0 Å². The minimum absolute atomic E-state index is 0.0410. The van der Waals surface area contributed by atoms with Gasteiger partial charge in [0, 0.05) is 55.5 Å². The van der Waals surface area contributed by atoms with E-state index in [1.807, 2.05) is 24.4 Å². The van der Waals surface area contributed by atoms with Crippen LogP contribution in [0.4, 0.5) is 10.6 Å². The molecule has 1 aliphatic heterocycles. The van der Waals surface area contributed by atoms with Crippen LogP contribution in [0.5, 0.6) is 0 Å². The number of pyridine rings is 1. The lowest BCUT2D eigenvalue weighted by Crippen LogP contribution is -2.46. The summed E-state index contributed by atoms with van der Waals surface area (Å²) in [5, 5.41) is 13.0. The second kappa shape index (κ2) is 13.2. The number of hydrogen-bond donors (Lipinski definition) is 2. The number of carbonyl (C=O) groups excluding carboxylic acids is 1. The van der Waals surface area contributed by atoms with E-state index >= 15 is 0 Å². The molecule has 0 unspecified atom stereocenters. The molecule has 0 saturated carbocycles. The van der Waals surface area contributed by atoms with Crippen LogP contribution in [-0.2, 0) is 24.3 Å². The molecule has 0 radical (unpaired) electrons. The van der Waals surface area contributed by atoms with Crippen LogP contribution in [0.25, 0.3) is 16.8 Å². The molecule has 5 rings (SSSR count). The molecule has 1 amide bonds. The predicted octanol–water partition coefficient (Wildman–Crippen LogP) is 6.04. The maximum Gasteiger partial charge on any atom is 0.413 e. The van der Waals surface area contributed by atoms with Gasteiger partial charge in [-0.1, -0.05) is 54.4 Å². The molecular formula is C31H35Cl2N5O3. The molecule has 2 aromatic carbocycles. The van der Waals surface area contributed by atoms with Crippen molar-refractivity contribution in [3.8, 4) is 11.1 Å². The molecule has 10 heteroatoms. The number of aryl methyl sites for hydroxylation is 2. The number of aliphatic hydroxyl groups excluding tert-OH is 1. The van der Waals surface area contributed by atoms with E-state index in [9.17, 15) is 4.79 Å². The number of β-amino-alcohol motifs (C(OH)–C–C–N with tert-alkyl or cyclic N) is 1. The Morgan fingerprint density at radius 2 is 1.66 bits per heavy atom. The van der Waals surface area contributed by atoms with Gasteiger partial charge in [0.2, 0.25) is 0 Å². The third-order valence-corrected chi connectivity index (χ3v) is 7.83. The zero-order chi connectivity index (χ0) is 28.9. The standard InChI is InChI=1S/C31H35Cl2N5O3/c1-3-28-30(35-31(40)41-20-23-15-26(32)17-27(33)16-23)38-19-25(14-21(2)29(38)34-28)24-6-4-22(5-7-24)18-37-10-8-36(9-11-37)12-13-39/h4-7,14-17,19,39H,3,8-13,18,20H2,1-2H3,(H,35,40). The van der Waals surface area contributed by atoms with Gasteiger partial charge in [-0.25, -0.2) is 9.78 Å². The van der Waals surface area contributed by atoms with E-state index in [0.29, 0.717) is 27.8 Å². The third kappa shape index (κ3) is 7.20. The van der Waals surface area contributed by atoms with Crippen molar-refractivity contribution in [2.75, 3.05) is 44.6 Å². The zero-order valence-corrected chi connectivity index (χ0v) is 24.9. The highest BCUT2D eigenvalue weighted by molar-refractivity contribution is 6.34. The van der Waals surface area contributed by atoms with Gasteiger partial charge in [-0.05, 0) is 65.4 Å². The third-order valence-electron chi connectivity index (χ3n) is 7.40. The molecular weight excluding hydrogens is 561 g/mol. The monoisotopic (exact) mass is 595 g/mol. The number of halogens is 2. The number of ether oxygens (including phenoxy) is 1. The highest BCUT2D eigenvalue weighted by Gasteiger charge is 2.18. The topological polar surface area (TPSA) is 82.3 Å². The fourth-order valence-corrected chi connectivity index (χ4v) is 5.81. The Kier molecular flexibility index (Phi) is 9.47. The van der Waals surface area contributed by atoms with Crippen molar-refractivity contribution in [1.29, 1.82) is 0 Å². The van der Waals surface area contributed by atoms with Crippen molar-refractivity contribution in [1.82, 2.24) is 19.2 Å². The van der Waals surface area contributed by atoms with E-state index in [4.69, 9.17) is 38.0 Å². The number of nitrogens with zero attached hydrogens (tertiary/aromatic N) is 4. The number of hydrogen-bond acceptors (Lipinski definition) is 6. The highest BCUT2D eigenvalue weighted by atomic mass is 35.5. The van der Waals surface area contributed by atoms with E-state index in [2.05, 4.69) is 45.4 Å². The molecule has 3 heterocycles. The lowest BCUT2D eigenvalue weighted by Gasteiger charge is -2.34. The summed E-state index contributed by atoms with van der Waals surface area (Å²) >= 11 is 12.1. The first-order chi connectivity index (χ1) is 19.8. The minimum atomic E-state index is -0.581. The smallest absolute Gasteiger partial charge is 0.413 e. The average molecular weight is 597 g/mol. The van der Waals surface area contributed by atoms with Crippen molar-refractivity contribution in [3.63, 3.8) is 0 Å². The molecule has 0 bridgehead atoms. The number of carbonyl (C=O) groups is 1. The van der Waals surface area contributed by atoms with Gasteiger partial charge in [-0.15, -0.1) is 0 Å². The number of fused-ring (bicyclic) bond motifs is 1. The van der Waals surface area contributed by atoms with Crippen LogP contribution in [0.15, 0.2) is 54.7 Å². The Balaban J connectivity index is 1.31. The van der Waals surface area contributed by atoms with Gasteiger partial charge in [-0.3, -0.25) is 19.5 Å². The quantitative estimate of drug-likeness (QED) is 0.245. The number of benzene rings is 2. The van der Waals surface area contributed by atoms with E-state index in [0.717, 1.165) is 67.3 Å². The molecule has 0 spiro atoms. The van der Waals surface area contributed by atoms with E-state index in [1.54, 1.807) is 18.2 Å². The molecule has 4 aromatic rings. The van der Waals surface area contributed by atoms with Crippen LogP contribution in [-0.4, -0.2) is 69.7 Å². The molecule has 2 N–H and O–H groups in total. The number of piperazine rings is 1. The molecule has 41 heavy (non-hydrogen) atoms. The molecule has 8 nitrogen and oxygen atoms in total. The molecule has 216 valence electrons. The van der Waals surface area contributed by atoms with Gasteiger partial charge >= 0.3 is 6.09 Å². The molecule has 2 aromatic heterocycles. The van der Waals surface area contributed by atoms with Gasteiger partial charge in [-0.2, -0.15) is 0 Å². The summed E-state index contributed by atoms with van der Waals surface area (Å²) in [6, 6.07) is 15.8. The van der Waals surface area contributed by atoms with Gasteiger partial charge in [0.15, 0.2) is 0 Å². The Morgan fingerprint density at radius 3 is 2.32 bits per heavy atom. The normalized spacial score (nSPS) is 14.5. The fraction of sp³-hybridized carbons (Fsp3) is 0.355. The van der Waals surface area contributed by atoms with E-state index in [1.165, 1.54) is 5.56 Å². The molecule has 1 aliphatic rings. The van der Waals surface area contributed by atoms with Gasteiger partial charge in [0.1, 0.15) is 18.1 Å². The molecule has 0 atom stereocenters. The van der Waals surface area contributed by atoms with Crippen LogP contribution in [0.1, 0.15) is 29.3 Å². The predicted molar refractivity (Wildman–Crippen MR) is 164 cm³/mol. The summed E-state index contributed by atoms with van der Waals surface area (Å²) in [6.07, 6.45) is 2.08. The first kappa shape index (κ1) is 29.4. The lowest BCUT2D eigenvalue weighted by atomic mass is 10.0. The van der Waals surface area contributed by atoms with E-state index < -0.39 is 6.09 Å². The Morgan fingerprint density at radius 1 is 0.976 bits per heavy atom. The Labute approximate surface area is 250 Å². The molecule has 1 saturated heterocycles. The van der Waals surface area contributed by atoms with Crippen molar-refractivity contribution in [2.24, 2.45) is 0 Å². The second-order valence-electron chi connectivity index (χ2n) is 10.4. The van der Waals surface area contributed by atoms with Crippen molar-refractivity contribution in [3.05, 3.63) is 87.2 Å². The van der Waals surface area contributed by atoms with Crippen molar-refractivity contribution in [2.45, 2.75) is 33.4 Å². The van der Waals surface area contributed by atoms with Gasteiger partial charge < -0.3 is 9.84 Å². The fourth-order valence-electron chi connectivity index (χ4n) is 5.24. The van der Waals surface area contributed by atoms with Crippen molar-refractivity contribution >= 4 is 40.8 Å². The number of nitrogens with one attached hydrogen (secondary N) is 1. The molecule has 0 aliphatic carbocycles. The van der Waals surface area contributed by atoms with Crippen LogP contribution in [0.2, 0.25) is 10.0 Å². The summed E-state index contributed by atoms with van der Waals surface area (Å²) in [4.78, 5) is 22.3. The lowest BCUT2D eigenvalue weighted by molar-refractivity contribution is 0.108. The first-order valence-electron chi connectivity index (χ1n) is 13.9. The Bertz CT molecular complexity index is 1490. The number of imidazole rings is 1. The van der Waals surface area contributed by atoms with Gasteiger partial charge in [0.05, 0.1) is 12.3 Å². The number of anilines is 1. The Hall–Kier alpha value is -3.14. The SMILES string of the molecule is CCc1nc2c(C)cc(-c3ccc(CN4CCN(CCO)CC4)cc3)cn2c1NC(=O)OCc1cc(Cl)cc(Cl)c1. The summed E-state index contributed by atoms with van der Waals surface area (Å²) in [5.41, 5.74) is 6.67. The number of aliphatic hydroxyl groups is 1. The molecule has 1 fully saturated rings. The summed E-state index contributed by atoms with van der Waals surface area (Å²) in [6.45, 7) is 9.93. The van der Waals surface area contributed by atoms with Gasteiger partial charge in [0.25, 0.3) is 0 Å². The number of aromatic nitrogens is 2. The summed E-state index contributed by atoms with van der Waals surface area (Å²) < 4.78 is 7.40.